The van der Waals surface area contributed by atoms with Crippen molar-refractivity contribution < 1.29 is 4.42 Å². The number of rotatable bonds is 6. The zero-order valence-corrected chi connectivity index (χ0v) is 33.5. The summed E-state index contributed by atoms with van der Waals surface area (Å²) in [4.78, 5) is 5.07. The van der Waals surface area contributed by atoms with E-state index in [1.165, 1.54) is 16.2 Å². The van der Waals surface area contributed by atoms with Gasteiger partial charge in [-0.25, -0.2) is 4.98 Å². The van der Waals surface area contributed by atoms with Gasteiger partial charge >= 0.3 is 0 Å². The lowest BCUT2D eigenvalue weighted by Crippen LogP contribution is -2.01. The lowest BCUT2D eigenvalue weighted by atomic mass is 10.0. The van der Waals surface area contributed by atoms with Crippen molar-refractivity contribution in [2.24, 2.45) is 0 Å². The minimum absolute atomic E-state index is 0.904. The number of nitrogens with zero attached hydrogens (tertiary/aromatic N) is 4. The molecule has 0 N–H and O–H groups in total. The molecule has 62 heavy (non-hydrogen) atoms. The molecule has 0 aliphatic carbocycles. The molecule has 0 bridgehead atoms. The second-order valence-corrected chi connectivity index (χ2v) is 15.9. The first-order valence-corrected chi connectivity index (χ1v) is 21.0. The lowest BCUT2D eigenvalue weighted by molar-refractivity contribution is 0.673. The van der Waals surface area contributed by atoms with Crippen LogP contribution in [0.3, 0.4) is 0 Å². The Kier molecular flexibility index (Phi) is 7.54. The highest BCUT2D eigenvalue weighted by Crippen LogP contribution is 2.42. The van der Waals surface area contributed by atoms with Gasteiger partial charge in [0.05, 0.1) is 45.0 Å². The first-order valence-electron chi connectivity index (χ1n) is 21.0. The van der Waals surface area contributed by atoms with Crippen LogP contribution in [-0.4, -0.2) is 18.7 Å². The Balaban J connectivity index is 0.984. The van der Waals surface area contributed by atoms with Crippen LogP contribution in [0, 0.1) is 0 Å². The molecule has 0 amide bonds. The Labute approximate surface area is 356 Å². The molecule has 5 nitrogen and oxygen atoms in total. The summed E-state index contributed by atoms with van der Waals surface area (Å²) >= 11 is 0. The molecule has 0 atom stereocenters. The van der Waals surface area contributed by atoms with Crippen LogP contribution < -0.4 is 0 Å². The molecular weight excluding hydrogens is 757 g/mol. The van der Waals surface area contributed by atoms with Crippen LogP contribution in [0.1, 0.15) is 0 Å². The highest BCUT2D eigenvalue weighted by molar-refractivity contribution is 6.24. The Morgan fingerprint density at radius 2 is 0.887 bits per heavy atom. The SMILES string of the molecule is c1ccc(-c2cnc(-c3ccccc3)n2-c2cccc3c2c2ccccc2n3-c2cccc(-c3cccc(-n4c5ccccc5c5c6oc7ccccc7c6ccc54)c3)c2)cc1. The van der Waals surface area contributed by atoms with Crippen molar-refractivity contribution in [3.8, 4) is 50.8 Å². The molecule has 0 saturated carbocycles. The van der Waals surface area contributed by atoms with Gasteiger partial charge in [0.25, 0.3) is 0 Å². The number of furan rings is 1. The van der Waals surface area contributed by atoms with Crippen LogP contribution in [0.4, 0.5) is 0 Å². The Hall–Kier alpha value is -8.41. The lowest BCUT2D eigenvalue weighted by Gasteiger charge is -2.15. The second kappa shape index (κ2) is 13.6. The van der Waals surface area contributed by atoms with Crippen molar-refractivity contribution >= 4 is 65.6 Å². The summed E-state index contributed by atoms with van der Waals surface area (Å²) in [6, 6.07) is 75.7. The van der Waals surface area contributed by atoms with Crippen molar-refractivity contribution in [2.75, 3.05) is 0 Å². The minimum atomic E-state index is 0.904. The van der Waals surface area contributed by atoms with E-state index >= 15 is 0 Å². The van der Waals surface area contributed by atoms with Crippen LogP contribution in [0.2, 0.25) is 0 Å². The van der Waals surface area contributed by atoms with Gasteiger partial charge < -0.3 is 13.6 Å². The molecule has 0 radical (unpaired) electrons. The Morgan fingerprint density at radius 1 is 0.355 bits per heavy atom. The van der Waals surface area contributed by atoms with E-state index < -0.39 is 0 Å². The molecule has 13 aromatic rings. The van der Waals surface area contributed by atoms with Gasteiger partial charge in [-0.1, -0.05) is 146 Å². The first-order chi connectivity index (χ1) is 30.8. The van der Waals surface area contributed by atoms with Crippen LogP contribution in [0.5, 0.6) is 0 Å². The summed E-state index contributed by atoms with van der Waals surface area (Å²) in [5, 5.41) is 6.94. The van der Waals surface area contributed by atoms with Crippen LogP contribution in [0.15, 0.2) is 223 Å². The van der Waals surface area contributed by atoms with Crippen LogP contribution in [0.25, 0.3) is 116 Å². The first kappa shape index (κ1) is 34.5. The monoisotopic (exact) mass is 792 g/mol. The van der Waals surface area contributed by atoms with Gasteiger partial charge in [-0.05, 0) is 77.9 Å². The maximum absolute atomic E-state index is 6.59. The molecule has 0 aliphatic rings. The molecule has 0 fully saturated rings. The van der Waals surface area contributed by atoms with E-state index in [0.29, 0.717) is 0 Å². The zero-order valence-electron chi connectivity index (χ0n) is 33.5. The summed E-state index contributed by atoms with van der Waals surface area (Å²) in [6.07, 6.45) is 2.01. The molecular formula is C57H36N4O. The third kappa shape index (κ3) is 5.12. The normalized spacial score (nSPS) is 11.9. The average Bonchev–Trinajstić information content (AvgIpc) is 4.12. The minimum Gasteiger partial charge on any atom is -0.455 e. The average molecular weight is 793 g/mol. The topological polar surface area (TPSA) is 40.8 Å². The largest absolute Gasteiger partial charge is 0.455 e. The smallest absolute Gasteiger partial charge is 0.145 e. The molecule has 0 unspecified atom stereocenters. The quantitative estimate of drug-likeness (QED) is 0.168. The summed E-state index contributed by atoms with van der Waals surface area (Å²) in [5.74, 6) is 0.904. The van der Waals surface area contributed by atoms with Crippen LogP contribution in [-0.2, 0) is 0 Å². The molecule has 5 heteroatoms. The highest BCUT2D eigenvalue weighted by atomic mass is 16.3. The molecule has 0 aliphatic heterocycles. The number of imidazole rings is 1. The van der Waals surface area contributed by atoms with E-state index in [4.69, 9.17) is 9.40 Å². The molecule has 290 valence electrons. The molecule has 13 rings (SSSR count). The van der Waals surface area contributed by atoms with Crippen molar-refractivity contribution in [2.45, 2.75) is 0 Å². The molecule has 4 heterocycles. The summed E-state index contributed by atoms with van der Waals surface area (Å²) in [7, 11) is 0. The summed E-state index contributed by atoms with van der Waals surface area (Å²) in [6.45, 7) is 0. The zero-order chi connectivity index (χ0) is 40.7. The predicted octanol–water partition coefficient (Wildman–Crippen LogP) is 15.0. The second-order valence-electron chi connectivity index (χ2n) is 15.9. The fourth-order valence-electron chi connectivity index (χ4n) is 9.83. The summed E-state index contributed by atoms with van der Waals surface area (Å²) in [5.41, 5.74) is 15.1. The molecule has 9 aromatic carbocycles. The van der Waals surface area contributed by atoms with E-state index in [1.54, 1.807) is 0 Å². The summed E-state index contributed by atoms with van der Waals surface area (Å²) < 4.78 is 13.7. The maximum Gasteiger partial charge on any atom is 0.145 e. The van der Waals surface area contributed by atoms with Gasteiger partial charge in [-0.15, -0.1) is 0 Å². The van der Waals surface area contributed by atoms with Crippen molar-refractivity contribution in [3.63, 3.8) is 0 Å². The third-order valence-electron chi connectivity index (χ3n) is 12.5. The van der Waals surface area contributed by atoms with E-state index in [1.807, 2.05) is 12.3 Å². The molecule has 0 saturated heterocycles. The Bertz CT molecular complexity index is 3810. The maximum atomic E-state index is 6.59. The highest BCUT2D eigenvalue weighted by Gasteiger charge is 2.22. The van der Waals surface area contributed by atoms with Crippen LogP contribution >= 0.6 is 0 Å². The standard InChI is InChI=1S/C57H36N4O/c1-3-16-37(17-4-1)52-36-58-57(38-18-5-2-6-19-38)61(52)50-30-15-29-49-54(50)45-25-7-10-27-47(45)59(49)41-22-13-20-39(34-41)40-21-14-23-42(35-40)60-48-28-11-8-26-46(48)55-51(60)33-32-44-43-24-9-12-31-53(43)62-56(44)55/h1-36H. The van der Waals surface area contributed by atoms with E-state index in [9.17, 15) is 0 Å². The van der Waals surface area contributed by atoms with Gasteiger partial charge in [0.15, 0.2) is 0 Å². The molecule has 0 spiro atoms. The number of aromatic nitrogens is 4. The third-order valence-corrected chi connectivity index (χ3v) is 12.5. The fourth-order valence-corrected chi connectivity index (χ4v) is 9.83. The number of hydrogen-bond donors (Lipinski definition) is 0. The van der Waals surface area contributed by atoms with Gasteiger partial charge in [0.2, 0.25) is 0 Å². The number of hydrogen-bond acceptors (Lipinski definition) is 2. The number of fused-ring (bicyclic) bond motifs is 10. The predicted molar refractivity (Wildman–Crippen MR) is 256 cm³/mol. The van der Waals surface area contributed by atoms with Crippen molar-refractivity contribution in [1.29, 1.82) is 0 Å². The van der Waals surface area contributed by atoms with E-state index in [0.717, 1.165) is 100 Å². The Morgan fingerprint density at radius 3 is 1.58 bits per heavy atom. The van der Waals surface area contributed by atoms with E-state index in [-0.39, 0.29) is 0 Å². The fraction of sp³-hybridized carbons (Fsp3) is 0. The molecule has 4 aromatic heterocycles. The van der Waals surface area contributed by atoms with Gasteiger partial charge in [-0.3, -0.25) is 4.57 Å². The van der Waals surface area contributed by atoms with Gasteiger partial charge in [-0.2, -0.15) is 0 Å². The number of para-hydroxylation sites is 3. The van der Waals surface area contributed by atoms with Gasteiger partial charge in [0.1, 0.15) is 17.0 Å². The van der Waals surface area contributed by atoms with E-state index in [2.05, 4.69) is 220 Å². The van der Waals surface area contributed by atoms with Gasteiger partial charge in [0, 0.05) is 49.4 Å². The van der Waals surface area contributed by atoms with Crippen molar-refractivity contribution in [3.05, 3.63) is 219 Å². The number of benzene rings is 9. The van der Waals surface area contributed by atoms with Crippen molar-refractivity contribution in [1.82, 2.24) is 18.7 Å².